The number of rotatable bonds is 8. The van der Waals surface area contributed by atoms with Crippen LogP contribution in [0.15, 0.2) is 34.6 Å². The fourth-order valence-electron chi connectivity index (χ4n) is 3.72. The van der Waals surface area contributed by atoms with E-state index < -0.39 is 5.97 Å². The molecule has 3 heterocycles. The van der Waals surface area contributed by atoms with Gasteiger partial charge in [0.05, 0.1) is 18.4 Å². The largest absolute Gasteiger partial charge is 0.465 e. The van der Waals surface area contributed by atoms with Crippen LogP contribution in [0.5, 0.6) is 0 Å². The minimum atomic E-state index is -0.474. The van der Waals surface area contributed by atoms with Gasteiger partial charge in [0.1, 0.15) is 5.00 Å². The van der Waals surface area contributed by atoms with Crippen molar-refractivity contribution in [3.8, 4) is 11.4 Å². The molecule has 0 aromatic carbocycles. The lowest BCUT2D eigenvalue weighted by molar-refractivity contribution is -0.113. The van der Waals surface area contributed by atoms with E-state index in [1.165, 1.54) is 47.1 Å². The summed E-state index contributed by atoms with van der Waals surface area (Å²) in [4.78, 5) is 25.8. The number of esters is 1. The molecule has 1 N–H and O–H groups in total. The van der Waals surface area contributed by atoms with E-state index in [4.69, 9.17) is 4.74 Å². The molecule has 0 radical (unpaired) electrons. The van der Waals surface area contributed by atoms with Gasteiger partial charge in [0, 0.05) is 22.4 Å². The lowest BCUT2D eigenvalue weighted by Crippen LogP contribution is -2.16. The maximum absolute atomic E-state index is 12.5. The number of nitrogens with zero attached hydrogens (tertiary/aromatic N) is 3. The summed E-state index contributed by atoms with van der Waals surface area (Å²) < 4.78 is 6.76. The number of ether oxygens (including phenoxy) is 1. The zero-order valence-corrected chi connectivity index (χ0v) is 20.4. The first kappa shape index (κ1) is 22.8. The SMILES string of the molecule is C=CCn1c(SCC(=O)Nc2sccc2C(=O)OC)nnc1-c1csc2c1CCC(C)C2. The molecule has 168 valence electrons. The van der Waals surface area contributed by atoms with Crippen LogP contribution in [0, 0.1) is 5.92 Å². The number of allylic oxidation sites excluding steroid dienone is 1. The summed E-state index contributed by atoms with van der Waals surface area (Å²) >= 11 is 4.39. The van der Waals surface area contributed by atoms with Crippen molar-refractivity contribution in [2.45, 2.75) is 37.9 Å². The highest BCUT2D eigenvalue weighted by Gasteiger charge is 2.24. The number of thiophene rings is 2. The number of carbonyl (C=O) groups excluding carboxylic acids is 2. The molecule has 0 bridgehead atoms. The molecule has 4 rings (SSSR count). The van der Waals surface area contributed by atoms with Crippen LogP contribution in [0.3, 0.4) is 0 Å². The number of nitrogens with one attached hydrogen (secondary N) is 1. The first-order valence-corrected chi connectivity index (χ1v) is 13.0. The van der Waals surface area contributed by atoms with Gasteiger partial charge in [-0.1, -0.05) is 24.8 Å². The fourth-order valence-corrected chi connectivity index (χ4v) is 6.50. The number of amides is 1. The number of carbonyl (C=O) groups is 2. The molecule has 7 nitrogen and oxygen atoms in total. The van der Waals surface area contributed by atoms with E-state index in [0.717, 1.165) is 24.2 Å². The molecule has 1 atom stereocenters. The Hall–Kier alpha value is -2.43. The topological polar surface area (TPSA) is 86.1 Å². The summed E-state index contributed by atoms with van der Waals surface area (Å²) in [6.45, 7) is 6.73. The second-order valence-electron chi connectivity index (χ2n) is 7.60. The van der Waals surface area contributed by atoms with Crippen LogP contribution >= 0.6 is 34.4 Å². The highest BCUT2D eigenvalue weighted by Crippen LogP contribution is 2.38. The number of anilines is 1. The van der Waals surface area contributed by atoms with Gasteiger partial charge in [0.15, 0.2) is 11.0 Å². The molecule has 3 aromatic heterocycles. The van der Waals surface area contributed by atoms with Gasteiger partial charge in [-0.05, 0) is 42.2 Å². The molecule has 1 aliphatic carbocycles. The Bertz CT molecular complexity index is 1150. The minimum Gasteiger partial charge on any atom is -0.465 e. The predicted molar refractivity (Wildman–Crippen MR) is 130 cm³/mol. The van der Waals surface area contributed by atoms with Crippen molar-refractivity contribution >= 4 is 51.3 Å². The average Bonchev–Trinajstić information content (AvgIpc) is 3.50. The number of thioether (sulfide) groups is 1. The van der Waals surface area contributed by atoms with Crippen LogP contribution in [0.1, 0.15) is 34.1 Å². The first-order chi connectivity index (χ1) is 15.5. The van der Waals surface area contributed by atoms with Crippen molar-refractivity contribution in [1.82, 2.24) is 14.8 Å². The first-order valence-electron chi connectivity index (χ1n) is 10.2. The molecule has 1 aliphatic rings. The highest BCUT2D eigenvalue weighted by atomic mass is 32.2. The predicted octanol–water partition coefficient (Wildman–Crippen LogP) is 4.90. The Morgan fingerprint density at radius 3 is 3.03 bits per heavy atom. The Labute approximate surface area is 198 Å². The fraction of sp³-hybridized carbons (Fsp3) is 0.364. The van der Waals surface area contributed by atoms with Crippen LogP contribution < -0.4 is 5.32 Å². The van der Waals surface area contributed by atoms with Crippen LogP contribution in [0.25, 0.3) is 11.4 Å². The van der Waals surface area contributed by atoms with E-state index in [9.17, 15) is 9.59 Å². The molecule has 0 saturated heterocycles. The Morgan fingerprint density at radius 2 is 2.25 bits per heavy atom. The van der Waals surface area contributed by atoms with Gasteiger partial charge in [-0.3, -0.25) is 9.36 Å². The monoisotopic (exact) mass is 488 g/mol. The summed E-state index contributed by atoms with van der Waals surface area (Å²) in [5, 5.41) is 16.7. The molecule has 1 amide bonds. The number of hydrogen-bond acceptors (Lipinski definition) is 8. The molecular weight excluding hydrogens is 464 g/mol. The minimum absolute atomic E-state index is 0.146. The summed E-state index contributed by atoms with van der Waals surface area (Å²) in [5.41, 5.74) is 2.88. The third-order valence-corrected chi connectivity index (χ3v) is 8.17. The zero-order chi connectivity index (χ0) is 22.7. The van der Waals surface area contributed by atoms with Crippen LogP contribution in [0.2, 0.25) is 0 Å². The number of hydrogen-bond donors (Lipinski definition) is 1. The lowest BCUT2D eigenvalue weighted by Gasteiger charge is -2.19. The van der Waals surface area contributed by atoms with Gasteiger partial charge >= 0.3 is 5.97 Å². The number of aromatic nitrogens is 3. The lowest BCUT2D eigenvalue weighted by atomic mass is 9.88. The summed E-state index contributed by atoms with van der Waals surface area (Å²) in [7, 11) is 1.32. The summed E-state index contributed by atoms with van der Waals surface area (Å²) in [6.07, 6.45) is 5.18. The van der Waals surface area contributed by atoms with Crippen molar-refractivity contribution < 1.29 is 14.3 Å². The Morgan fingerprint density at radius 1 is 1.41 bits per heavy atom. The van der Waals surface area contributed by atoms with E-state index in [1.54, 1.807) is 22.8 Å². The number of fused-ring (bicyclic) bond motifs is 1. The van der Waals surface area contributed by atoms with E-state index in [2.05, 4.69) is 34.4 Å². The maximum atomic E-state index is 12.5. The summed E-state index contributed by atoms with van der Waals surface area (Å²) in [5.74, 6) is 0.989. The Kier molecular flexibility index (Phi) is 7.12. The Balaban J connectivity index is 1.49. The van der Waals surface area contributed by atoms with Gasteiger partial charge in [0.25, 0.3) is 0 Å². The molecule has 0 spiro atoms. The van der Waals surface area contributed by atoms with E-state index >= 15 is 0 Å². The second-order valence-corrected chi connectivity index (χ2v) is 10.4. The van der Waals surface area contributed by atoms with Gasteiger partial charge in [-0.25, -0.2) is 4.79 Å². The quantitative estimate of drug-likeness (QED) is 0.276. The van der Waals surface area contributed by atoms with Gasteiger partial charge in [-0.2, -0.15) is 0 Å². The standard InChI is InChI=1S/C22H24N4O3S3/c1-4-8-26-19(16-11-31-17-10-13(2)5-6-14(16)17)24-25-22(26)32-12-18(27)23-20-15(7-9-30-20)21(28)29-3/h4,7,9,11,13H,1,5-6,8,10,12H2,2-3H3,(H,23,27). The summed E-state index contributed by atoms with van der Waals surface area (Å²) in [6, 6.07) is 1.63. The van der Waals surface area contributed by atoms with Crippen molar-refractivity contribution in [2.24, 2.45) is 5.92 Å². The van der Waals surface area contributed by atoms with E-state index in [-0.39, 0.29) is 11.7 Å². The molecule has 0 fully saturated rings. The third kappa shape index (κ3) is 4.67. The normalized spacial score (nSPS) is 15.2. The van der Waals surface area contributed by atoms with Crippen molar-refractivity contribution in [3.05, 3.63) is 45.5 Å². The van der Waals surface area contributed by atoms with Crippen molar-refractivity contribution in [2.75, 3.05) is 18.2 Å². The zero-order valence-electron chi connectivity index (χ0n) is 17.9. The molecule has 0 aliphatic heterocycles. The molecule has 3 aromatic rings. The number of methoxy groups -OCH3 is 1. The van der Waals surface area contributed by atoms with Gasteiger partial charge < -0.3 is 10.1 Å². The van der Waals surface area contributed by atoms with Crippen LogP contribution in [0.4, 0.5) is 5.00 Å². The van der Waals surface area contributed by atoms with Crippen molar-refractivity contribution in [1.29, 1.82) is 0 Å². The molecule has 1 unspecified atom stereocenters. The van der Waals surface area contributed by atoms with E-state index in [1.807, 2.05) is 10.6 Å². The van der Waals surface area contributed by atoms with Crippen molar-refractivity contribution in [3.63, 3.8) is 0 Å². The second kappa shape index (κ2) is 10.0. The molecule has 32 heavy (non-hydrogen) atoms. The van der Waals surface area contributed by atoms with E-state index in [0.29, 0.717) is 28.2 Å². The van der Waals surface area contributed by atoms with Gasteiger partial charge in [0.2, 0.25) is 5.91 Å². The highest BCUT2D eigenvalue weighted by molar-refractivity contribution is 7.99. The van der Waals surface area contributed by atoms with Crippen LogP contribution in [-0.4, -0.2) is 39.5 Å². The maximum Gasteiger partial charge on any atom is 0.340 e. The van der Waals surface area contributed by atoms with Gasteiger partial charge in [-0.15, -0.1) is 39.4 Å². The molecule has 0 saturated carbocycles. The smallest absolute Gasteiger partial charge is 0.340 e. The average molecular weight is 489 g/mol. The third-order valence-electron chi connectivity index (χ3n) is 5.33. The molecule has 10 heteroatoms. The van der Waals surface area contributed by atoms with Crippen LogP contribution in [-0.2, 0) is 28.9 Å². The molecular formula is C22H24N4O3S3.